The van der Waals surface area contributed by atoms with Crippen molar-refractivity contribution < 1.29 is 22.7 Å². The third kappa shape index (κ3) is 4.24. The summed E-state index contributed by atoms with van der Waals surface area (Å²) in [5, 5.41) is 2.76. The average molecular weight is 299 g/mol. The molecule has 0 aromatic heterocycles. The maximum atomic E-state index is 12.6. The number of hydrogen-bond acceptors (Lipinski definition) is 2. The lowest BCUT2D eigenvalue weighted by Gasteiger charge is -2.16. The first-order valence-electron chi connectivity index (χ1n) is 6.65. The highest BCUT2D eigenvalue weighted by molar-refractivity contribution is 5.87. The van der Waals surface area contributed by atoms with Crippen molar-refractivity contribution in [3.05, 3.63) is 42.5 Å². The zero-order valence-electron chi connectivity index (χ0n) is 11.3. The maximum Gasteiger partial charge on any atom is 0.416 e. The van der Waals surface area contributed by atoms with Crippen LogP contribution in [0.2, 0.25) is 0 Å². The van der Waals surface area contributed by atoms with Gasteiger partial charge in [-0.3, -0.25) is 4.79 Å². The van der Waals surface area contributed by atoms with E-state index in [4.69, 9.17) is 4.74 Å². The number of benzene rings is 1. The molecule has 1 saturated carbocycles. The summed E-state index contributed by atoms with van der Waals surface area (Å²) in [6, 6.07) is 4.81. The van der Waals surface area contributed by atoms with Gasteiger partial charge in [-0.15, -0.1) is 0 Å². The van der Waals surface area contributed by atoms with Gasteiger partial charge in [0.25, 0.3) is 0 Å². The monoisotopic (exact) mass is 299 g/mol. The molecular weight excluding hydrogens is 283 g/mol. The maximum absolute atomic E-state index is 12.6. The Hall–Kier alpha value is -1.98. The molecule has 0 heterocycles. The van der Waals surface area contributed by atoms with Gasteiger partial charge in [-0.05, 0) is 37.1 Å². The lowest BCUT2D eigenvalue weighted by atomic mass is 10.2. The minimum Gasteiger partial charge on any atom is -0.490 e. The van der Waals surface area contributed by atoms with Crippen molar-refractivity contribution >= 4 is 5.91 Å². The van der Waals surface area contributed by atoms with Crippen molar-refractivity contribution in [2.24, 2.45) is 0 Å². The van der Waals surface area contributed by atoms with E-state index in [9.17, 15) is 18.0 Å². The third-order valence-electron chi connectivity index (χ3n) is 3.38. The lowest BCUT2D eigenvalue weighted by Crippen LogP contribution is -2.32. The van der Waals surface area contributed by atoms with Crippen LogP contribution >= 0.6 is 0 Å². The molecule has 1 fully saturated rings. The average Bonchev–Trinajstić information content (AvgIpc) is 2.85. The van der Waals surface area contributed by atoms with E-state index >= 15 is 0 Å². The molecule has 1 aromatic rings. The van der Waals surface area contributed by atoms with Crippen molar-refractivity contribution in [1.29, 1.82) is 0 Å². The minimum atomic E-state index is -4.38. The van der Waals surface area contributed by atoms with Gasteiger partial charge >= 0.3 is 6.18 Å². The zero-order valence-corrected chi connectivity index (χ0v) is 11.3. The number of amides is 1. The fraction of sp³-hybridized carbons (Fsp3) is 0.400. The summed E-state index contributed by atoms with van der Waals surface area (Å²) in [6.45, 7) is 3.37. The molecule has 21 heavy (non-hydrogen) atoms. The molecule has 2 rings (SSSR count). The first-order chi connectivity index (χ1) is 9.88. The second-order valence-corrected chi connectivity index (χ2v) is 4.99. The van der Waals surface area contributed by atoms with Crippen LogP contribution in [0.25, 0.3) is 0 Å². The van der Waals surface area contributed by atoms with Crippen LogP contribution in [-0.2, 0) is 11.0 Å². The molecule has 2 atom stereocenters. The highest BCUT2D eigenvalue weighted by atomic mass is 19.4. The van der Waals surface area contributed by atoms with Crippen LogP contribution in [-0.4, -0.2) is 18.1 Å². The third-order valence-corrected chi connectivity index (χ3v) is 3.38. The predicted octanol–water partition coefficient (Wildman–Crippen LogP) is 3.31. The van der Waals surface area contributed by atoms with Crippen LogP contribution in [0.5, 0.6) is 5.75 Å². The Bertz CT molecular complexity index is 528. The highest BCUT2D eigenvalue weighted by Crippen LogP contribution is 2.32. The smallest absolute Gasteiger partial charge is 0.416 e. The van der Waals surface area contributed by atoms with Crippen molar-refractivity contribution in [1.82, 2.24) is 5.32 Å². The number of carbonyl (C=O) groups is 1. The molecule has 0 bridgehead atoms. The largest absolute Gasteiger partial charge is 0.490 e. The number of carbonyl (C=O) groups excluding carboxylic acids is 1. The molecule has 114 valence electrons. The molecule has 6 heteroatoms. The zero-order chi connectivity index (χ0) is 15.5. The van der Waals surface area contributed by atoms with Gasteiger partial charge in [0.15, 0.2) is 0 Å². The van der Waals surface area contributed by atoms with E-state index in [0.29, 0.717) is 12.8 Å². The topological polar surface area (TPSA) is 38.3 Å². The van der Waals surface area contributed by atoms with Crippen molar-refractivity contribution in [2.75, 3.05) is 0 Å². The van der Waals surface area contributed by atoms with Crippen molar-refractivity contribution in [3.63, 3.8) is 0 Å². The van der Waals surface area contributed by atoms with Crippen LogP contribution in [0.1, 0.15) is 24.8 Å². The second-order valence-electron chi connectivity index (χ2n) is 4.99. The molecule has 1 aliphatic rings. The molecular formula is C15H16F3NO2. The summed E-state index contributed by atoms with van der Waals surface area (Å²) in [4.78, 5) is 11.2. The minimum absolute atomic E-state index is 0.0219. The van der Waals surface area contributed by atoms with Gasteiger partial charge in [0, 0.05) is 12.5 Å². The van der Waals surface area contributed by atoms with E-state index in [-0.39, 0.29) is 23.8 Å². The van der Waals surface area contributed by atoms with Crippen molar-refractivity contribution in [3.8, 4) is 5.75 Å². The number of hydrogen-bond donors (Lipinski definition) is 1. The standard InChI is InChI=1S/C15H16F3NO2/c1-2-14(20)19-11-6-7-13(9-11)21-12-5-3-4-10(8-12)15(16,17)18/h2-5,8,11,13H,1,6-7,9H2,(H,19,20)/t11?,13-/m1/s1. The number of ether oxygens (including phenoxy) is 1. The van der Waals surface area contributed by atoms with Gasteiger partial charge in [-0.2, -0.15) is 13.2 Å². The number of nitrogens with one attached hydrogen (secondary N) is 1. The Balaban J connectivity index is 1.94. The first kappa shape index (κ1) is 15.4. The molecule has 0 spiro atoms. The quantitative estimate of drug-likeness (QED) is 0.866. The van der Waals surface area contributed by atoms with Crippen LogP contribution in [0.15, 0.2) is 36.9 Å². The normalized spacial score (nSPS) is 21.9. The lowest BCUT2D eigenvalue weighted by molar-refractivity contribution is -0.137. The molecule has 1 aliphatic carbocycles. The van der Waals surface area contributed by atoms with Gasteiger partial charge in [-0.25, -0.2) is 0 Å². The number of alkyl halides is 3. The van der Waals surface area contributed by atoms with Gasteiger partial charge in [0.1, 0.15) is 11.9 Å². The van der Waals surface area contributed by atoms with Crippen LogP contribution < -0.4 is 10.1 Å². The Morgan fingerprint density at radius 1 is 1.38 bits per heavy atom. The van der Waals surface area contributed by atoms with Gasteiger partial charge in [-0.1, -0.05) is 12.6 Å². The summed E-state index contributed by atoms with van der Waals surface area (Å²) >= 11 is 0. The molecule has 1 N–H and O–H groups in total. The highest BCUT2D eigenvalue weighted by Gasteiger charge is 2.31. The molecule has 0 aliphatic heterocycles. The fourth-order valence-electron chi connectivity index (χ4n) is 2.38. The van der Waals surface area contributed by atoms with Gasteiger partial charge in [0.05, 0.1) is 5.56 Å². The van der Waals surface area contributed by atoms with E-state index in [1.807, 2.05) is 0 Å². The van der Waals surface area contributed by atoms with E-state index in [1.54, 1.807) is 0 Å². The Labute approximate surface area is 120 Å². The molecule has 1 unspecified atom stereocenters. The van der Waals surface area contributed by atoms with E-state index in [0.717, 1.165) is 18.6 Å². The van der Waals surface area contributed by atoms with E-state index < -0.39 is 11.7 Å². The Morgan fingerprint density at radius 3 is 2.81 bits per heavy atom. The molecule has 1 aromatic carbocycles. The fourth-order valence-corrected chi connectivity index (χ4v) is 2.38. The van der Waals surface area contributed by atoms with E-state index in [2.05, 4.69) is 11.9 Å². The SMILES string of the molecule is C=CC(=O)NC1CC[C@@H](Oc2cccc(C(F)(F)F)c2)C1. The number of halogens is 3. The van der Waals surface area contributed by atoms with Gasteiger partial charge in [0.2, 0.25) is 5.91 Å². The summed E-state index contributed by atoms with van der Waals surface area (Å²) in [7, 11) is 0. The summed E-state index contributed by atoms with van der Waals surface area (Å²) < 4.78 is 43.4. The summed E-state index contributed by atoms with van der Waals surface area (Å²) in [5.41, 5.74) is -0.727. The van der Waals surface area contributed by atoms with Crippen LogP contribution in [0.3, 0.4) is 0 Å². The Kier molecular flexibility index (Phi) is 4.55. The second kappa shape index (κ2) is 6.20. The summed E-state index contributed by atoms with van der Waals surface area (Å²) in [6.07, 6.45) is -1.36. The molecule has 1 amide bonds. The molecule has 0 radical (unpaired) electrons. The van der Waals surface area contributed by atoms with Crippen LogP contribution in [0.4, 0.5) is 13.2 Å². The first-order valence-corrected chi connectivity index (χ1v) is 6.65. The Morgan fingerprint density at radius 2 is 2.14 bits per heavy atom. The molecule has 0 saturated heterocycles. The van der Waals surface area contributed by atoms with E-state index in [1.165, 1.54) is 18.2 Å². The predicted molar refractivity (Wildman–Crippen MR) is 71.8 cm³/mol. The van der Waals surface area contributed by atoms with Gasteiger partial charge < -0.3 is 10.1 Å². The number of rotatable bonds is 4. The summed E-state index contributed by atoms with van der Waals surface area (Å²) in [5.74, 6) is -0.0507. The van der Waals surface area contributed by atoms with Crippen molar-refractivity contribution in [2.45, 2.75) is 37.6 Å². The van der Waals surface area contributed by atoms with Crippen LogP contribution in [0, 0.1) is 0 Å². The molecule has 3 nitrogen and oxygen atoms in total.